The summed E-state index contributed by atoms with van der Waals surface area (Å²) in [6, 6.07) is 12.3. The fraction of sp³-hybridized carbons (Fsp3) is 0.348. The third kappa shape index (κ3) is 5.67. The van der Waals surface area contributed by atoms with E-state index in [9.17, 15) is 14.4 Å². The lowest BCUT2D eigenvalue weighted by atomic mass is 9.90. The first kappa shape index (κ1) is 20.6. The molecule has 1 aliphatic rings. The van der Waals surface area contributed by atoms with E-state index in [1.54, 1.807) is 30.3 Å². The molecule has 6 nitrogen and oxygen atoms in total. The Kier molecular flexibility index (Phi) is 7.00. The van der Waals surface area contributed by atoms with Gasteiger partial charge in [0.1, 0.15) is 12.3 Å². The third-order valence-corrected chi connectivity index (χ3v) is 4.86. The molecule has 0 heterocycles. The smallest absolute Gasteiger partial charge is 0.325 e. The summed E-state index contributed by atoms with van der Waals surface area (Å²) in [5.74, 6) is -0.629. The van der Waals surface area contributed by atoms with E-state index in [2.05, 4.69) is 5.32 Å². The first-order valence-electron chi connectivity index (χ1n) is 9.88. The van der Waals surface area contributed by atoms with Crippen LogP contribution in [0.1, 0.15) is 51.6 Å². The largest absolute Gasteiger partial charge is 0.494 e. The monoisotopic (exact) mass is 395 g/mol. The van der Waals surface area contributed by atoms with Crippen molar-refractivity contribution in [3.05, 3.63) is 64.7 Å². The minimum Gasteiger partial charge on any atom is -0.494 e. The number of nitrogens with one attached hydrogen (secondary N) is 1. The zero-order valence-electron chi connectivity index (χ0n) is 16.5. The molecule has 3 rings (SSSR count). The van der Waals surface area contributed by atoms with Gasteiger partial charge in [0.05, 0.1) is 6.61 Å². The number of rotatable bonds is 8. The van der Waals surface area contributed by atoms with Crippen molar-refractivity contribution in [1.82, 2.24) is 5.32 Å². The molecule has 2 aromatic rings. The lowest BCUT2D eigenvalue weighted by Crippen LogP contribution is -2.31. The van der Waals surface area contributed by atoms with E-state index in [4.69, 9.17) is 9.47 Å². The van der Waals surface area contributed by atoms with Crippen molar-refractivity contribution >= 4 is 17.7 Å². The number of amides is 1. The van der Waals surface area contributed by atoms with E-state index >= 15 is 0 Å². The number of carbonyl (C=O) groups excluding carboxylic acids is 3. The zero-order chi connectivity index (χ0) is 20.6. The maximum Gasteiger partial charge on any atom is 0.325 e. The SMILES string of the molecule is CCOc1ccc(C(=O)NCC(=O)OCC(=O)c2ccc3c(c2)CCCC3)cc1. The number of benzene rings is 2. The number of Topliss-reactive ketones (excluding diaryl/α,β-unsaturated/α-hetero) is 1. The normalized spacial score (nSPS) is 12.6. The van der Waals surface area contributed by atoms with Crippen LogP contribution in [-0.4, -0.2) is 37.4 Å². The van der Waals surface area contributed by atoms with Gasteiger partial charge in [0.25, 0.3) is 5.91 Å². The van der Waals surface area contributed by atoms with E-state index in [1.807, 2.05) is 19.1 Å². The summed E-state index contributed by atoms with van der Waals surface area (Å²) in [4.78, 5) is 36.3. The van der Waals surface area contributed by atoms with Crippen LogP contribution in [-0.2, 0) is 22.4 Å². The van der Waals surface area contributed by atoms with Gasteiger partial charge in [0.2, 0.25) is 0 Å². The molecule has 0 unspecified atom stereocenters. The number of hydrogen-bond donors (Lipinski definition) is 1. The van der Waals surface area contributed by atoms with Crippen molar-refractivity contribution in [2.45, 2.75) is 32.6 Å². The molecule has 1 amide bonds. The third-order valence-electron chi connectivity index (χ3n) is 4.86. The Bertz CT molecular complexity index is 889. The van der Waals surface area contributed by atoms with E-state index in [0.29, 0.717) is 23.5 Å². The highest BCUT2D eigenvalue weighted by atomic mass is 16.5. The van der Waals surface area contributed by atoms with Crippen LogP contribution in [0.25, 0.3) is 0 Å². The van der Waals surface area contributed by atoms with Gasteiger partial charge >= 0.3 is 5.97 Å². The maximum atomic E-state index is 12.3. The van der Waals surface area contributed by atoms with Crippen molar-refractivity contribution in [3.63, 3.8) is 0 Å². The summed E-state index contributed by atoms with van der Waals surface area (Å²) in [5.41, 5.74) is 3.46. The van der Waals surface area contributed by atoms with E-state index < -0.39 is 11.9 Å². The molecule has 0 spiro atoms. The highest BCUT2D eigenvalue weighted by Gasteiger charge is 2.15. The summed E-state index contributed by atoms with van der Waals surface area (Å²) in [6.07, 6.45) is 4.34. The van der Waals surface area contributed by atoms with Crippen LogP contribution < -0.4 is 10.1 Å². The van der Waals surface area contributed by atoms with Crippen molar-refractivity contribution in [2.24, 2.45) is 0 Å². The Morgan fingerprint density at radius 3 is 2.34 bits per heavy atom. The minimum absolute atomic E-state index is 0.246. The Morgan fingerprint density at radius 2 is 1.62 bits per heavy atom. The average molecular weight is 395 g/mol. The Labute approximate surface area is 170 Å². The lowest BCUT2D eigenvalue weighted by Gasteiger charge is -2.16. The van der Waals surface area contributed by atoms with Gasteiger partial charge in [-0.05, 0) is 74.1 Å². The number of ether oxygens (including phenoxy) is 2. The van der Waals surface area contributed by atoms with Gasteiger partial charge in [-0.15, -0.1) is 0 Å². The predicted molar refractivity (Wildman–Crippen MR) is 108 cm³/mol. The van der Waals surface area contributed by atoms with Gasteiger partial charge in [-0.25, -0.2) is 0 Å². The van der Waals surface area contributed by atoms with Crippen LogP contribution in [0.4, 0.5) is 0 Å². The Hall–Kier alpha value is -3.15. The number of hydrogen-bond acceptors (Lipinski definition) is 5. The molecule has 1 aliphatic carbocycles. The fourth-order valence-corrected chi connectivity index (χ4v) is 3.31. The Balaban J connectivity index is 1.44. The van der Waals surface area contributed by atoms with Gasteiger partial charge in [-0.3, -0.25) is 14.4 Å². The van der Waals surface area contributed by atoms with Gasteiger partial charge in [-0.2, -0.15) is 0 Å². The first-order valence-corrected chi connectivity index (χ1v) is 9.88. The second-order valence-electron chi connectivity index (χ2n) is 6.91. The Morgan fingerprint density at radius 1 is 0.931 bits per heavy atom. The number of aryl methyl sites for hydroxylation is 2. The second kappa shape index (κ2) is 9.87. The zero-order valence-corrected chi connectivity index (χ0v) is 16.5. The van der Waals surface area contributed by atoms with Crippen molar-refractivity contribution in [1.29, 1.82) is 0 Å². The molecule has 29 heavy (non-hydrogen) atoms. The molecule has 0 saturated carbocycles. The van der Waals surface area contributed by atoms with Crippen LogP contribution in [0.2, 0.25) is 0 Å². The molecular weight excluding hydrogens is 370 g/mol. The van der Waals surface area contributed by atoms with E-state index in [-0.39, 0.29) is 18.9 Å². The van der Waals surface area contributed by atoms with E-state index in [0.717, 1.165) is 19.3 Å². The molecule has 2 aromatic carbocycles. The number of esters is 1. The summed E-state index contributed by atoms with van der Waals surface area (Å²) in [6.45, 7) is 1.78. The molecule has 0 fully saturated rings. The van der Waals surface area contributed by atoms with Crippen molar-refractivity contribution < 1.29 is 23.9 Å². The molecule has 0 aliphatic heterocycles. The van der Waals surface area contributed by atoms with E-state index in [1.165, 1.54) is 17.5 Å². The number of fused-ring (bicyclic) bond motifs is 1. The molecule has 0 atom stereocenters. The summed E-state index contributed by atoms with van der Waals surface area (Å²) in [5, 5.41) is 2.49. The number of carbonyl (C=O) groups is 3. The van der Waals surface area contributed by atoms with Crippen LogP contribution >= 0.6 is 0 Å². The molecule has 1 N–H and O–H groups in total. The standard InChI is InChI=1S/C23H25NO5/c1-2-28-20-11-9-17(10-12-20)23(27)24-14-22(26)29-15-21(25)19-8-7-16-5-3-4-6-18(16)13-19/h7-13H,2-6,14-15H2,1H3,(H,24,27). The molecule has 0 bridgehead atoms. The van der Waals surface area contributed by atoms with Crippen LogP contribution in [0.5, 0.6) is 5.75 Å². The van der Waals surface area contributed by atoms with Gasteiger partial charge in [0.15, 0.2) is 12.4 Å². The lowest BCUT2D eigenvalue weighted by molar-refractivity contribution is -0.141. The second-order valence-corrected chi connectivity index (χ2v) is 6.91. The summed E-state index contributed by atoms with van der Waals surface area (Å²) < 4.78 is 10.3. The van der Waals surface area contributed by atoms with Crippen molar-refractivity contribution in [3.8, 4) is 5.75 Å². The quantitative estimate of drug-likeness (QED) is 0.549. The maximum absolute atomic E-state index is 12.3. The van der Waals surface area contributed by atoms with Crippen LogP contribution in [0.3, 0.4) is 0 Å². The molecule has 0 saturated heterocycles. The summed E-state index contributed by atoms with van der Waals surface area (Å²) >= 11 is 0. The molecule has 152 valence electrons. The molecular formula is C23H25NO5. The molecule has 0 radical (unpaired) electrons. The average Bonchev–Trinajstić information content (AvgIpc) is 2.76. The van der Waals surface area contributed by atoms with Crippen LogP contribution in [0.15, 0.2) is 42.5 Å². The first-order chi connectivity index (χ1) is 14.1. The topological polar surface area (TPSA) is 81.7 Å². The van der Waals surface area contributed by atoms with Gasteiger partial charge in [-0.1, -0.05) is 12.1 Å². The predicted octanol–water partition coefficient (Wildman–Crippen LogP) is 3.12. The van der Waals surface area contributed by atoms with Gasteiger partial charge in [0, 0.05) is 11.1 Å². The van der Waals surface area contributed by atoms with Crippen molar-refractivity contribution in [2.75, 3.05) is 19.8 Å². The van der Waals surface area contributed by atoms with Crippen LogP contribution in [0, 0.1) is 0 Å². The number of ketones is 1. The fourth-order valence-electron chi connectivity index (χ4n) is 3.31. The summed E-state index contributed by atoms with van der Waals surface area (Å²) in [7, 11) is 0. The van der Waals surface area contributed by atoms with Gasteiger partial charge < -0.3 is 14.8 Å². The highest BCUT2D eigenvalue weighted by molar-refractivity contribution is 5.99. The minimum atomic E-state index is -0.657. The molecule has 0 aromatic heterocycles. The highest BCUT2D eigenvalue weighted by Crippen LogP contribution is 2.22. The molecule has 6 heteroatoms.